The third-order valence-electron chi connectivity index (χ3n) is 12.6. The molecule has 2 unspecified atom stereocenters. The predicted octanol–water partition coefficient (Wildman–Crippen LogP) is 4.80. The Bertz CT molecular complexity index is 5220. The first-order chi connectivity index (χ1) is 46.3. The fourth-order valence-electron chi connectivity index (χ4n) is 8.26. The highest BCUT2D eigenvalue weighted by Crippen LogP contribution is 2.48. The number of anilines is 8. The molecule has 2 amide bonds. The molecule has 0 saturated heterocycles. The molecule has 6 aromatic carbocycles. The molecule has 19 N–H and O–H groups in total. The number of carboxylic acids is 4. The number of rotatable bonds is 29. The molecule has 0 radical (unpaired) electrons. The van der Waals surface area contributed by atoms with Crippen molar-refractivity contribution >= 4 is 189 Å². The van der Waals surface area contributed by atoms with Crippen molar-refractivity contribution in [2.45, 2.75) is 45.5 Å². The van der Waals surface area contributed by atoms with Crippen molar-refractivity contribution in [1.29, 1.82) is 0 Å². The first kappa shape index (κ1) is 73.4. The number of carboxylic acid groups (broad SMARTS) is 4. The Kier molecular flexibility index (Phi) is 21.9. The van der Waals surface area contributed by atoms with Crippen LogP contribution in [0.1, 0.15) is 34.6 Å². The second-order valence-corrected chi connectivity index (χ2v) is 27.7. The zero-order chi connectivity index (χ0) is 72.8. The number of amides is 2. The number of phenols is 2. The average Bonchev–Trinajstić information content (AvgIpc) is 0.753. The normalized spacial score (nSPS) is 12.6. The van der Waals surface area contributed by atoms with Crippen LogP contribution in [0, 0.1) is 0 Å². The monoisotopic (exact) mass is 1490 g/mol. The minimum Gasteiger partial charge on any atom is -0.505 e. The molecule has 8 aromatic rings. The zero-order valence-electron chi connectivity index (χ0n) is 49.3. The lowest BCUT2D eigenvalue weighted by Crippen LogP contribution is -2.41. The van der Waals surface area contributed by atoms with Gasteiger partial charge in [0.25, 0.3) is 46.4 Å². The Balaban J connectivity index is 1.09. The number of aromatic hydroxyl groups is 2. The highest BCUT2D eigenvalue weighted by molar-refractivity contribution is 8.76. The van der Waals surface area contributed by atoms with Gasteiger partial charge in [-0.25, -0.2) is 30.4 Å². The van der Waals surface area contributed by atoms with Gasteiger partial charge in [-0.1, -0.05) is 45.9 Å². The summed E-state index contributed by atoms with van der Waals surface area (Å²) in [5, 5.41) is 86.5. The maximum atomic E-state index is 12.8. The van der Waals surface area contributed by atoms with E-state index in [4.69, 9.17) is 5.84 Å². The van der Waals surface area contributed by atoms with Gasteiger partial charge in [-0.3, -0.25) is 38.7 Å². The van der Waals surface area contributed by atoms with Gasteiger partial charge in [-0.05, 0) is 71.4 Å². The molecule has 0 bridgehead atoms. The fraction of sp³-hybridized carbons (Fsp3) is 0.120. The van der Waals surface area contributed by atoms with E-state index in [0.29, 0.717) is 63.1 Å². The highest BCUT2D eigenvalue weighted by Gasteiger charge is 2.30. The predicted molar refractivity (Wildman–Crippen MR) is 345 cm³/mol. The van der Waals surface area contributed by atoms with Crippen molar-refractivity contribution in [1.82, 2.24) is 40.4 Å². The number of hydrogen-bond donors (Lipinski definition) is 18. The van der Waals surface area contributed by atoms with Gasteiger partial charge in [-0.2, -0.15) is 68.7 Å². The van der Waals surface area contributed by atoms with E-state index in [2.05, 4.69) is 87.9 Å². The quantitative estimate of drug-likeness (QED) is 0.00569. The van der Waals surface area contributed by atoms with Crippen molar-refractivity contribution in [3.8, 4) is 11.5 Å². The molecule has 2 heterocycles. The summed E-state index contributed by atoms with van der Waals surface area (Å²) >= 11 is 0. The molecular weight excluding hydrogens is 1440 g/mol. The fourth-order valence-corrected chi connectivity index (χ4v) is 13.0. The van der Waals surface area contributed by atoms with E-state index >= 15 is 0 Å². The van der Waals surface area contributed by atoms with E-state index in [-0.39, 0.29) is 11.4 Å². The van der Waals surface area contributed by atoms with Crippen LogP contribution < -0.4 is 43.4 Å². The average molecular weight is 1490 g/mol. The Hall–Kier alpha value is -11.4. The number of hydrazine groups is 3. The molecule has 520 valence electrons. The molecule has 0 aliphatic carbocycles. The first-order valence-corrected chi connectivity index (χ1v) is 34.7. The van der Waals surface area contributed by atoms with Gasteiger partial charge in [0.2, 0.25) is 41.6 Å². The molecule has 0 saturated carbocycles. The smallest absolute Gasteiger partial charge is 0.337 e. The molecule has 0 fully saturated rings. The number of aliphatic carboxylic acids is 2. The number of phenolic OH excluding ortho intramolecular Hbond substituents is 2. The van der Waals surface area contributed by atoms with E-state index in [1.54, 1.807) is 0 Å². The number of benzene rings is 6. The van der Waals surface area contributed by atoms with Crippen LogP contribution in [0.25, 0.3) is 21.5 Å². The molecule has 8 rings (SSSR count). The molecule has 0 aliphatic heterocycles. The van der Waals surface area contributed by atoms with Crippen molar-refractivity contribution < 1.29 is 111 Å². The number of carbonyl (C=O) groups is 6. The number of aromatic carboxylic acids is 2. The number of carbonyl (C=O) groups excluding carboxylic acids is 2. The maximum absolute atomic E-state index is 12.8. The summed E-state index contributed by atoms with van der Waals surface area (Å²) in [7, 11) is -19.9. The molecule has 0 spiro atoms. The van der Waals surface area contributed by atoms with Crippen LogP contribution in [0.5, 0.6) is 11.5 Å². The number of nitrogens with zero attached hydrogens (tertiary/aromatic N) is 11. The van der Waals surface area contributed by atoms with Crippen LogP contribution >= 0.6 is 21.6 Å². The van der Waals surface area contributed by atoms with Crippen LogP contribution in [0.3, 0.4) is 0 Å². The minimum absolute atomic E-state index is 0.341. The summed E-state index contributed by atoms with van der Waals surface area (Å²) in [5.41, 5.74) is 1.71. The summed E-state index contributed by atoms with van der Waals surface area (Å²) in [6, 6.07) is 10.1. The van der Waals surface area contributed by atoms with Crippen molar-refractivity contribution in [2.75, 3.05) is 43.6 Å². The third kappa shape index (κ3) is 18.2. The standard InChI is InChI=1S/C50H45N19O24S6/c1-19(70)62-67-49-58-45(52-29-15-23(96(82,83)84)11-21-13-33(98(88,89)90)37(39(72)35(21)29)65-63-27-9-5-3-7-25(27)41(74)75)56-47(59-49)54-31(43(78)79)17-94-95-18-32(44(80)81)55-48-57-46(60-50(61-48)68-69(51)20(2)71)53-30-16-24(97(85,86)87)12-22-14-34(99(91,92)93)38(40(73)36(22)30)66-64-28-10-6-4-8-26(28)42(76)77/h3-16,31-32,72-73H,17-18,51H2,1-2H3,(H,62,70)(H,74,75)(H,76,77)(H,78,79)(H,80,81)(H,82,83,84)(H,85,86,87)(H,88,89,90)(H,91,92,93)(H3,52,54,56,58,59,67)(H3,53,55,57,60,61,68). The van der Waals surface area contributed by atoms with Crippen LogP contribution in [-0.4, -0.2) is 177 Å². The van der Waals surface area contributed by atoms with Crippen LogP contribution in [-0.2, 0) is 59.7 Å². The van der Waals surface area contributed by atoms with Crippen LogP contribution in [0.2, 0.25) is 0 Å². The third-order valence-corrected chi connectivity index (χ3v) is 18.4. The lowest BCUT2D eigenvalue weighted by molar-refractivity contribution is -0.138. The number of aromatic nitrogens is 6. The van der Waals surface area contributed by atoms with E-state index in [0.717, 1.165) is 38.1 Å². The SMILES string of the molecule is CC(=O)NNc1nc(Nc2cc(S(=O)(=O)O)cc3cc(S(=O)(=O)O)c(N=Nc4ccccc4C(=O)O)c(O)c23)nc(NC(CSSCC(Nc2nc(Nc3cc(S(=O)(=O)O)cc4cc(S(=O)(=O)O)c(N=Nc5ccccc5C(=O)O)c(O)c34)nc(NN(N)C(C)=O)n2)C(=O)O)C(=O)O)n1. The van der Waals surface area contributed by atoms with E-state index in [1.165, 1.54) is 24.3 Å². The molecule has 2 aromatic heterocycles. The minimum atomic E-state index is -5.43. The summed E-state index contributed by atoms with van der Waals surface area (Å²) in [5.74, 6) is -9.60. The topological polar surface area (TPSA) is 682 Å². The lowest BCUT2D eigenvalue weighted by atomic mass is 10.1. The summed E-state index contributed by atoms with van der Waals surface area (Å²) in [6.45, 7) is 2.02. The van der Waals surface area contributed by atoms with E-state index in [1.807, 2.05) is 0 Å². The largest absolute Gasteiger partial charge is 0.505 e. The van der Waals surface area contributed by atoms with E-state index < -0.39 is 222 Å². The van der Waals surface area contributed by atoms with Crippen LogP contribution in [0.15, 0.2) is 125 Å². The van der Waals surface area contributed by atoms with Crippen molar-refractivity contribution in [3.63, 3.8) is 0 Å². The Morgan fingerprint density at radius 2 is 0.889 bits per heavy atom. The van der Waals surface area contributed by atoms with Crippen molar-refractivity contribution in [3.05, 3.63) is 96.1 Å². The molecule has 49 heteroatoms. The lowest BCUT2D eigenvalue weighted by Gasteiger charge is -2.19. The second kappa shape index (κ2) is 29.5. The molecular formula is C50H45N19O24S6. The maximum Gasteiger partial charge on any atom is 0.337 e. The second-order valence-electron chi connectivity index (χ2n) is 19.5. The summed E-state index contributed by atoms with van der Waals surface area (Å²) < 4.78 is 142. The Labute approximate surface area is 560 Å². The number of nitrogens with one attached hydrogen (secondary N) is 7. The molecule has 99 heavy (non-hydrogen) atoms. The Morgan fingerprint density at radius 3 is 1.25 bits per heavy atom. The summed E-state index contributed by atoms with van der Waals surface area (Å²) in [4.78, 5) is 93.5. The number of fused-ring (bicyclic) bond motifs is 2. The van der Waals surface area contributed by atoms with Gasteiger partial charge in [0.1, 0.15) is 44.6 Å². The first-order valence-electron chi connectivity index (χ1n) is 26.5. The van der Waals surface area contributed by atoms with Gasteiger partial charge in [-0.15, -0.1) is 20.5 Å². The zero-order valence-corrected chi connectivity index (χ0v) is 54.2. The highest BCUT2D eigenvalue weighted by atomic mass is 33.1. The van der Waals surface area contributed by atoms with Gasteiger partial charge in [0.05, 0.1) is 32.3 Å². The van der Waals surface area contributed by atoms with Crippen molar-refractivity contribution in [2.24, 2.45) is 26.3 Å². The van der Waals surface area contributed by atoms with Gasteiger partial charge in [0, 0.05) is 36.1 Å². The number of azo groups is 2. The molecule has 43 nitrogen and oxygen atoms in total. The molecule has 0 aliphatic rings. The van der Waals surface area contributed by atoms with Crippen LogP contribution in [0.4, 0.5) is 69.8 Å². The van der Waals surface area contributed by atoms with Gasteiger partial charge in [0.15, 0.2) is 11.5 Å². The van der Waals surface area contributed by atoms with Gasteiger partial charge >= 0.3 is 23.9 Å². The number of nitrogens with two attached hydrogens (primary N) is 1. The van der Waals surface area contributed by atoms with Gasteiger partial charge < -0.3 is 51.9 Å². The number of hydrogen-bond acceptors (Lipinski definition) is 35. The Morgan fingerprint density at radius 1 is 0.515 bits per heavy atom. The summed E-state index contributed by atoms with van der Waals surface area (Å²) in [6.07, 6.45) is 0. The molecule has 2 atom stereocenters. The van der Waals surface area contributed by atoms with E-state index in [9.17, 15) is 111 Å².